The minimum Gasteiger partial charge on any atom is -0.493 e. The average molecular weight is 378 g/mol. The first-order valence-corrected chi connectivity index (χ1v) is 8.64. The van der Waals surface area contributed by atoms with Crippen molar-refractivity contribution in [3.05, 3.63) is 17.7 Å². The van der Waals surface area contributed by atoms with Gasteiger partial charge < -0.3 is 19.3 Å². The van der Waals surface area contributed by atoms with E-state index < -0.39 is 23.4 Å². The van der Waals surface area contributed by atoms with Gasteiger partial charge in [0.1, 0.15) is 17.3 Å². The standard InChI is InChI=1S/C20H26O7/c1-10(21)16-13(23)9-20(3,24)18(11(2)22)17(16)12-7-14(25-4)19(27-6)15(8-12)26-5/h7-8,16-18,24H,9H2,1-6H3. The highest BCUT2D eigenvalue weighted by atomic mass is 16.5. The second-order valence-corrected chi connectivity index (χ2v) is 7.16. The van der Waals surface area contributed by atoms with Crippen molar-refractivity contribution in [2.45, 2.75) is 38.7 Å². The van der Waals surface area contributed by atoms with Gasteiger partial charge in [0.15, 0.2) is 11.5 Å². The molecular formula is C20H26O7. The molecule has 0 aromatic heterocycles. The van der Waals surface area contributed by atoms with Crippen LogP contribution in [0.15, 0.2) is 12.1 Å². The molecule has 1 aromatic carbocycles. The number of carbonyl (C=O) groups is 3. The fourth-order valence-electron chi connectivity index (χ4n) is 4.20. The Balaban J connectivity index is 2.77. The number of Topliss-reactive ketones (excluding diaryl/α,β-unsaturated/α-hetero) is 3. The summed E-state index contributed by atoms with van der Waals surface area (Å²) >= 11 is 0. The number of ether oxygens (including phenoxy) is 3. The Labute approximate surface area is 158 Å². The van der Waals surface area contributed by atoms with Crippen LogP contribution in [-0.2, 0) is 14.4 Å². The van der Waals surface area contributed by atoms with Crippen molar-refractivity contribution in [2.24, 2.45) is 11.8 Å². The average Bonchev–Trinajstić information content (AvgIpc) is 2.57. The number of aliphatic hydroxyl groups is 1. The Morgan fingerprint density at radius 3 is 1.93 bits per heavy atom. The SMILES string of the molecule is COc1cc(C2C(C(C)=O)C(=O)CC(C)(O)C2C(C)=O)cc(OC)c1OC. The summed E-state index contributed by atoms with van der Waals surface area (Å²) in [4.78, 5) is 37.4. The summed E-state index contributed by atoms with van der Waals surface area (Å²) in [6.45, 7) is 4.14. The maximum absolute atomic E-state index is 12.7. The second kappa shape index (κ2) is 7.68. The Morgan fingerprint density at radius 1 is 1.04 bits per heavy atom. The Morgan fingerprint density at radius 2 is 1.56 bits per heavy atom. The van der Waals surface area contributed by atoms with Crippen LogP contribution in [0, 0.1) is 11.8 Å². The minimum atomic E-state index is -1.56. The molecule has 7 nitrogen and oxygen atoms in total. The quantitative estimate of drug-likeness (QED) is 0.755. The summed E-state index contributed by atoms with van der Waals surface area (Å²) in [6.07, 6.45) is -0.248. The lowest BCUT2D eigenvalue weighted by atomic mass is 9.60. The van der Waals surface area contributed by atoms with Crippen molar-refractivity contribution in [1.29, 1.82) is 0 Å². The van der Waals surface area contributed by atoms with Crippen LogP contribution in [0.4, 0.5) is 0 Å². The maximum Gasteiger partial charge on any atom is 0.203 e. The zero-order chi connectivity index (χ0) is 20.5. The highest BCUT2D eigenvalue weighted by molar-refractivity contribution is 6.05. The van der Waals surface area contributed by atoms with Crippen molar-refractivity contribution in [3.63, 3.8) is 0 Å². The lowest BCUT2D eigenvalue weighted by Gasteiger charge is -2.44. The fourth-order valence-corrected chi connectivity index (χ4v) is 4.20. The number of carbonyl (C=O) groups excluding carboxylic acids is 3. The highest BCUT2D eigenvalue weighted by Gasteiger charge is 2.54. The van der Waals surface area contributed by atoms with Gasteiger partial charge in [-0.25, -0.2) is 0 Å². The fraction of sp³-hybridized carbons (Fsp3) is 0.550. The first kappa shape index (κ1) is 20.9. The smallest absolute Gasteiger partial charge is 0.203 e. The number of hydrogen-bond acceptors (Lipinski definition) is 7. The van der Waals surface area contributed by atoms with E-state index in [0.717, 1.165) is 0 Å². The number of ketones is 3. The largest absolute Gasteiger partial charge is 0.493 e. The van der Waals surface area contributed by atoms with Crippen LogP contribution in [0.1, 0.15) is 38.7 Å². The van der Waals surface area contributed by atoms with E-state index in [-0.39, 0.29) is 23.8 Å². The third-order valence-corrected chi connectivity index (χ3v) is 5.22. The first-order chi connectivity index (χ1) is 12.6. The maximum atomic E-state index is 12.7. The van der Waals surface area contributed by atoms with E-state index in [1.807, 2.05) is 0 Å². The summed E-state index contributed by atoms with van der Waals surface area (Å²) in [6, 6.07) is 3.24. The van der Waals surface area contributed by atoms with Gasteiger partial charge in [-0.2, -0.15) is 0 Å². The van der Waals surface area contributed by atoms with E-state index in [1.165, 1.54) is 42.1 Å². The van der Waals surface area contributed by atoms with E-state index in [2.05, 4.69) is 0 Å². The van der Waals surface area contributed by atoms with Gasteiger partial charge in [-0.3, -0.25) is 14.4 Å². The molecule has 7 heteroatoms. The van der Waals surface area contributed by atoms with Gasteiger partial charge in [-0.15, -0.1) is 0 Å². The molecule has 1 aliphatic carbocycles. The van der Waals surface area contributed by atoms with Crippen LogP contribution >= 0.6 is 0 Å². The summed E-state index contributed by atoms with van der Waals surface area (Å²) in [5.74, 6) is -2.76. The molecule has 0 amide bonds. The first-order valence-electron chi connectivity index (χ1n) is 8.64. The molecule has 0 heterocycles. The summed E-state index contributed by atoms with van der Waals surface area (Å²) < 4.78 is 16.0. The number of hydrogen-bond donors (Lipinski definition) is 1. The van der Waals surface area contributed by atoms with E-state index in [0.29, 0.717) is 22.8 Å². The van der Waals surface area contributed by atoms with Gasteiger partial charge in [-0.1, -0.05) is 0 Å². The molecule has 0 radical (unpaired) electrons. The molecule has 148 valence electrons. The number of benzene rings is 1. The third kappa shape index (κ3) is 3.69. The predicted molar refractivity (Wildman–Crippen MR) is 97.4 cm³/mol. The normalized spacial score (nSPS) is 27.8. The van der Waals surface area contributed by atoms with Crippen molar-refractivity contribution in [3.8, 4) is 17.2 Å². The van der Waals surface area contributed by atoms with Crippen LogP contribution in [0.5, 0.6) is 17.2 Å². The van der Waals surface area contributed by atoms with Crippen LogP contribution in [-0.4, -0.2) is 49.4 Å². The van der Waals surface area contributed by atoms with Crippen molar-refractivity contribution in [2.75, 3.05) is 21.3 Å². The molecule has 4 atom stereocenters. The molecule has 1 fully saturated rings. The molecule has 0 aliphatic heterocycles. The molecule has 1 aromatic rings. The number of methoxy groups -OCH3 is 3. The lowest BCUT2D eigenvalue weighted by molar-refractivity contribution is -0.151. The molecule has 0 spiro atoms. The van der Waals surface area contributed by atoms with Crippen LogP contribution in [0.3, 0.4) is 0 Å². The van der Waals surface area contributed by atoms with Crippen molar-refractivity contribution >= 4 is 17.3 Å². The molecule has 4 unspecified atom stereocenters. The van der Waals surface area contributed by atoms with Gasteiger partial charge in [0.25, 0.3) is 0 Å². The molecule has 0 saturated heterocycles. The van der Waals surface area contributed by atoms with Gasteiger partial charge in [0.2, 0.25) is 5.75 Å². The van der Waals surface area contributed by atoms with Crippen LogP contribution in [0.2, 0.25) is 0 Å². The van der Waals surface area contributed by atoms with Gasteiger partial charge in [0, 0.05) is 12.3 Å². The second-order valence-electron chi connectivity index (χ2n) is 7.16. The Bertz CT molecular complexity index is 741. The molecule has 0 bridgehead atoms. The predicted octanol–water partition coefficient (Wildman–Crippen LogP) is 1.93. The zero-order valence-electron chi connectivity index (χ0n) is 16.5. The van der Waals surface area contributed by atoms with E-state index in [1.54, 1.807) is 12.1 Å². The van der Waals surface area contributed by atoms with Gasteiger partial charge in [-0.05, 0) is 38.5 Å². The molecule has 1 saturated carbocycles. The third-order valence-electron chi connectivity index (χ3n) is 5.22. The summed E-state index contributed by atoms with van der Waals surface area (Å²) in [5.41, 5.74) is -1.06. The van der Waals surface area contributed by atoms with Crippen LogP contribution < -0.4 is 14.2 Å². The lowest BCUT2D eigenvalue weighted by Crippen LogP contribution is -2.53. The van der Waals surface area contributed by atoms with E-state index in [9.17, 15) is 19.5 Å². The van der Waals surface area contributed by atoms with Gasteiger partial charge >= 0.3 is 0 Å². The molecule has 1 N–H and O–H groups in total. The molecule has 27 heavy (non-hydrogen) atoms. The zero-order valence-corrected chi connectivity index (χ0v) is 16.5. The number of rotatable bonds is 6. The Kier molecular flexibility index (Phi) is 5.94. The topological polar surface area (TPSA) is 99.1 Å². The van der Waals surface area contributed by atoms with Crippen molar-refractivity contribution < 1.29 is 33.7 Å². The van der Waals surface area contributed by atoms with Crippen molar-refractivity contribution in [1.82, 2.24) is 0 Å². The van der Waals surface area contributed by atoms with Crippen LogP contribution in [0.25, 0.3) is 0 Å². The Hall–Kier alpha value is -2.41. The summed E-state index contributed by atoms with van der Waals surface area (Å²) in [5, 5.41) is 10.8. The summed E-state index contributed by atoms with van der Waals surface area (Å²) in [7, 11) is 4.37. The molecule has 2 rings (SSSR count). The van der Waals surface area contributed by atoms with E-state index >= 15 is 0 Å². The molecular weight excluding hydrogens is 352 g/mol. The minimum absolute atomic E-state index is 0.248. The monoisotopic (exact) mass is 378 g/mol. The van der Waals surface area contributed by atoms with E-state index in [4.69, 9.17) is 14.2 Å². The highest BCUT2D eigenvalue weighted by Crippen LogP contribution is 2.49. The van der Waals surface area contributed by atoms with Gasteiger partial charge in [0.05, 0.1) is 38.8 Å². The molecule has 1 aliphatic rings.